The lowest BCUT2D eigenvalue weighted by molar-refractivity contribution is -0.151. The molecule has 0 amide bonds. The van der Waals surface area contributed by atoms with Crippen LogP contribution < -0.4 is 0 Å². The van der Waals surface area contributed by atoms with E-state index in [0.717, 1.165) is 19.3 Å². The van der Waals surface area contributed by atoms with Crippen LogP contribution in [0.1, 0.15) is 51.2 Å². The van der Waals surface area contributed by atoms with Crippen LogP contribution in [-0.4, -0.2) is 12.1 Å². The Hall–Kier alpha value is -2.35. The highest BCUT2D eigenvalue weighted by molar-refractivity contribution is 5.82. The van der Waals surface area contributed by atoms with E-state index in [9.17, 15) is 4.79 Å². The molecule has 3 unspecified atom stereocenters. The lowest BCUT2D eigenvalue weighted by atomic mass is 9.70. The number of hydrogen-bond donors (Lipinski definition) is 0. The van der Waals surface area contributed by atoms with Gasteiger partial charge in [-0.15, -0.1) is 0 Å². The summed E-state index contributed by atoms with van der Waals surface area (Å²) in [5.41, 5.74) is 5.36. The van der Waals surface area contributed by atoms with Gasteiger partial charge in [-0.3, -0.25) is 4.79 Å². The van der Waals surface area contributed by atoms with Gasteiger partial charge < -0.3 is 4.74 Å². The Labute approximate surface area is 156 Å². The lowest BCUT2D eigenvalue weighted by Gasteiger charge is -2.38. The summed E-state index contributed by atoms with van der Waals surface area (Å²) in [6.45, 7) is 6.01. The summed E-state index contributed by atoms with van der Waals surface area (Å²) in [4.78, 5) is 11.5. The first-order chi connectivity index (χ1) is 12.6. The number of carbonyl (C=O) groups excluding carboxylic acids is 1. The summed E-state index contributed by atoms with van der Waals surface area (Å²) >= 11 is 0. The Balaban J connectivity index is 2.07. The summed E-state index contributed by atoms with van der Waals surface area (Å²) in [5.74, 6) is 0.581. The molecule has 0 aliphatic heterocycles. The van der Waals surface area contributed by atoms with Crippen molar-refractivity contribution >= 4 is 11.5 Å². The van der Waals surface area contributed by atoms with E-state index >= 15 is 0 Å². The zero-order chi connectivity index (χ0) is 18.5. The van der Waals surface area contributed by atoms with Crippen LogP contribution in [0, 0.1) is 11.8 Å². The minimum absolute atomic E-state index is 0.0315. The molecule has 2 aromatic carbocycles. The Morgan fingerprint density at radius 1 is 1.00 bits per heavy atom. The van der Waals surface area contributed by atoms with Crippen LogP contribution in [-0.2, 0) is 9.53 Å². The molecule has 1 aliphatic carbocycles. The third-order valence-corrected chi connectivity index (χ3v) is 5.60. The zero-order valence-electron chi connectivity index (χ0n) is 15.9. The van der Waals surface area contributed by atoms with Crippen LogP contribution in [0.2, 0.25) is 0 Å². The van der Waals surface area contributed by atoms with Crippen LogP contribution in [0.25, 0.3) is 5.57 Å². The topological polar surface area (TPSA) is 26.3 Å². The molecule has 2 nitrogen and oxygen atoms in total. The molecule has 1 saturated carbocycles. The van der Waals surface area contributed by atoms with Crippen LogP contribution >= 0.6 is 0 Å². The zero-order valence-corrected chi connectivity index (χ0v) is 15.9. The third-order valence-electron chi connectivity index (χ3n) is 5.60. The molecular formula is C24H28O2. The summed E-state index contributed by atoms with van der Waals surface area (Å²) < 4.78 is 5.64. The van der Waals surface area contributed by atoms with Gasteiger partial charge in [0.1, 0.15) is 6.10 Å². The van der Waals surface area contributed by atoms with E-state index in [1.54, 1.807) is 0 Å². The SMILES string of the molecule is CCC1C(OC(C)=O)CCC(=C(c2ccccc2)c2ccccc2)C1C. The highest BCUT2D eigenvalue weighted by Crippen LogP contribution is 2.43. The number of ether oxygens (including phenoxy) is 1. The molecule has 0 spiro atoms. The minimum Gasteiger partial charge on any atom is -0.462 e. The highest BCUT2D eigenvalue weighted by Gasteiger charge is 2.36. The molecule has 0 bridgehead atoms. The number of allylic oxidation sites excluding steroid dienone is 1. The maximum atomic E-state index is 11.5. The Morgan fingerprint density at radius 2 is 1.54 bits per heavy atom. The molecule has 2 aromatic rings. The summed E-state index contributed by atoms with van der Waals surface area (Å²) in [7, 11) is 0. The smallest absolute Gasteiger partial charge is 0.302 e. The van der Waals surface area contributed by atoms with Crippen molar-refractivity contribution in [3.63, 3.8) is 0 Å². The van der Waals surface area contributed by atoms with Crippen molar-refractivity contribution in [2.45, 2.75) is 46.1 Å². The molecule has 3 atom stereocenters. The van der Waals surface area contributed by atoms with Crippen LogP contribution in [0.4, 0.5) is 0 Å². The molecule has 1 aliphatic rings. The molecule has 0 aromatic heterocycles. The Kier molecular flexibility index (Phi) is 5.92. The van der Waals surface area contributed by atoms with Gasteiger partial charge in [0, 0.05) is 12.8 Å². The normalized spacial score (nSPS) is 22.7. The second kappa shape index (κ2) is 8.35. The van der Waals surface area contributed by atoms with Gasteiger partial charge in [-0.05, 0) is 41.9 Å². The fraction of sp³-hybridized carbons (Fsp3) is 0.375. The van der Waals surface area contributed by atoms with E-state index in [-0.39, 0.29) is 12.1 Å². The standard InChI is InChI=1S/C24H28O2/c1-4-21-17(2)22(15-16-23(21)26-18(3)25)24(19-11-7-5-8-12-19)20-13-9-6-10-14-20/h5-14,17,21,23H,4,15-16H2,1-3H3. The molecule has 136 valence electrons. The van der Waals surface area contributed by atoms with Gasteiger partial charge in [0.25, 0.3) is 0 Å². The molecule has 0 saturated heterocycles. The van der Waals surface area contributed by atoms with Crippen molar-refractivity contribution < 1.29 is 9.53 Å². The van der Waals surface area contributed by atoms with Gasteiger partial charge >= 0.3 is 5.97 Å². The van der Waals surface area contributed by atoms with Crippen molar-refractivity contribution in [2.24, 2.45) is 11.8 Å². The van der Waals surface area contributed by atoms with Gasteiger partial charge in [0.2, 0.25) is 0 Å². The first-order valence-corrected chi connectivity index (χ1v) is 9.63. The predicted molar refractivity (Wildman–Crippen MR) is 107 cm³/mol. The van der Waals surface area contributed by atoms with Crippen molar-refractivity contribution in [3.8, 4) is 0 Å². The van der Waals surface area contributed by atoms with Crippen molar-refractivity contribution in [1.82, 2.24) is 0 Å². The molecule has 26 heavy (non-hydrogen) atoms. The fourth-order valence-electron chi connectivity index (χ4n) is 4.40. The van der Waals surface area contributed by atoms with Gasteiger partial charge in [0.15, 0.2) is 0 Å². The minimum atomic E-state index is -0.167. The van der Waals surface area contributed by atoms with Crippen LogP contribution in [0.15, 0.2) is 66.2 Å². The second-order valence-electron chi connectivity index (χ2n) is 7.18. The maximum Gasteiger partial charge on any atom is 0.302 e. The van der Waals surface area contributed by atoms with E-state index in [2.05, 4.69) is 74.5 Å². The van der Waals surface area contributed by atoms with Crippen molar-refractivity contribution in [2.75, 3.05) is 0 Å². The van der Waals surface area contributed by atoms with Crippen molar-refractivity contribution in [3.05, 3.63) is 77.4 Å². The monoisotopic (exact) mass is 348 g/mol. The average molecular weight is 348 g/mol. The Morgan fingerprint density at radius 3 is 2.00 bits per heavy atom. The van der Waals surface area contributed by atoms with Gasteiger partial charge in [0.05, 0.1) is 0 Å². The molecule has 0 radical (unpaired) electrons. The maximum absolute atomic E-state index is 11.5. The van der Waals surface area contributed by atoms with Gasteiger partial charge in [-0.25, -0.2) is 0 Å². The molecule has 1 fully saturated rings. The number of rotatable bonds is 4. The largest absolute Gasteiger partial charge is 0.462 e. The molecule has 0 N–H and O–H groups in total. The van der Waals surface area contributed by atoms with Gasteiger partial charge in [-0.2, -0.15) is 0 Å². The highest BCUT2D eigenvalue weighted by atomic mass is 16.5. The Bertz CT molecular complexity index is 720. The lowest BCUT2D eigenvalue weighted by Crippen LogP contribution is -2.35. The molecule has 0 heterocycles. The summed E-state index contributed by atoms with van der Waals surface area (Å²) in [6, 6.07) is 21.3. The third kappa shape index (κ3) is 3.90. The van der Waals surface area contributed by atoms with E-state index in [4.69, 9.17) is 4.74 Å². The van der Waals surface area contributed by atoms with E-state index < -0.39 is 0 Å². The van der Waals surface area contributed by atoms with E-state index in [1.165, 1.54) is 29.2 Å². The van der Waals surface area contributed by atoms with Crippen LogP contribution in [0.3, 0.4) is 0 Å². The predicted octanol–water partition coefficient (Wildman–Crippen LogP) is 5.88. The molecule has 3 rings (SSSR count). The van der Waals surface area contributed by atoms with Gasteiger partial charge in [-0.1, -0.05) is 80.1 Å². The first kappa shape index (κ1) is 18.4. The molecule has 2 heteroatoms. The van der Waals surface area contributed by atoms with Crippen LogP contribution in [0.5, 0.6) is 0 Å². The van der Waals surface area contributed by atoms with E-state index in [1.807, 2.05) is 0 Å². The second-order valence-corrected chi connectivity index (χ2v) is 7.18. The molecular weight excluding hydrogens is 320 g/mol. The quantitative estimate of drug-likeness (QED) is 0.645. The average Bonchev–Trinajstić information content (AvgIpc) is 2.65. The number of esters is 1. The first-order valence-electron chi connectivity index (χ1n) is 9.63. The van der Waals surface area contributed by atoms with E-state index in [0.29, 0.717) is 11.8 Å². The summed E-state index contributed by atoms with van der Waals surface area (Å²) in [5, 5.41) is 0. The van der Waals surface area contributed by atoms with Crippen molar-refractivity contribution in [1.29, 1.82) is 0 Å². The summed E-state index contributed by atoms with van der Waals surface area (Å²) in [6.07, 6.45) is 2.92. The number of carbonyl (C=O) groups is 1. The number of benzene rings is 2. The number of hydrogen-bond acceptors (Lipinski definition) is 2. The fourth-order valence-corrected chi connectivity index (χ4v) is 4.40.